The summed E-state index contributed by atoms with van der Waals surface area (Å²) in [4.78, 5) is 25.8. The van der Waals surface area contributed by atoms with E-state index < -0.39 is 45.1 Å². The van der Waals surface area contributed by atoms with Crippen LogP contribution in [0.4, 0.5) is 0 Å². The van der Waals surface area contributed by atoms with Gasteiger partial charge in [0.2, 0.25) is 0 Å². The molecule has 15 rings (SSSR count). The van der Waals surface area contributed by atoms with Crippen molar-refractivity contribution in [2.45, 2.75) is 256 Å². The molecule has 15 fully saturated rings. The number of likely N-dealkylation sites (tertiary alicyclic amines) is 3. The van der Waals surface area contributed by atoms with Gasteiger partial charge in [-0.25, -0.2) is 28.0 Å². The third kappa shape index (κ3) is 41.5. The van der Waals surface area contributed by atoms with Gasteiger partial charge in [0.05, 0.1) is 139 Å². The number of hydrogen-bond acceptors (Lipinski definition) is 29. The van der Waals surface area contributed by atoms with Crippen LogP contribution in [0.2, 0.25) is 0 Å². The molecule has 15 aliphatic rings. The Kier molecular flexibility index (Phi) is 54.0. The van der Waals surface area contributed by atoms with Crippen molar-refractivity contribution in [2.75, 3.05) is 372 Å². The van der Waals surface area contributed by atoms with E-state index in [1.165, 1.54) is 82.3 Å². The predicted molar refractivity (Wildman–Crippen MR) is 566 cm³/mol. The first-order valence-corrected chi connectivity index (χ1v) is 65.6. The Morgan fingerprint density at radius 2 is 0.543 bits per heavy atom. The number of morpholine rings is 6. The molecule has 0 amide bonds. The van der Waals surface area contributed by atoms with E-state index in [1.54, 1.807) is 40.0 Å². The summed E-state index contributed by atoms with van der Waals surface area (Å²) in [6, 6.07) is 3.23. The summed E-state index contributed by atoms with van der Waals surface area (Å²) in [5, 5.41) is 0. The first-order chi connectivity index (χ1) is 65.1. The van der Waals surface area contributed by atoms with Gasteiger partial charge in [-0.3, -0.25) is 32.3 Å². The number of quaternary nitrogens is 1. The van der Waals surface area contributed by atoms with Gasteiger partial charge >= 0.3 is 0 Å². The summed E-state index contributed by atoms with van der Waals surface area (Å²) in [5.41, 5.74) is 0. The molecule has 15 saturated heterocycles. The molecule has 826 valence electrons. The van der Waals surface area contributed by atoms with E-state index in [2.05, 4.69) is 194 Å². The Labute approximate surface area is 862 Å². The zero-order valence-electron chi connectivity index (χ0n) is 91.6. The summed E-state index contributed by atoms with van der Waals surface area (Å²) in [5.74, 6) is 0. The van der Waals surface area contributed by atoms with Crippen molar-refractivity contribution in [3.05, 3.63) is 0 Å². The highest BCUT2D eigenvalue weighted by Gasteiger charge is 2.45. The van der Waals surface area contributed by atoms with Crippen molar-refractivity contribution < 1.29 is 99.8 Å². The van der Waals surface area contributed by atoms with Crippen LogP contribution in [0.1, 0.15) is 152 Å². The van der Waals surface area contributed by atoms with E-state index in [0.717, 1.165) is 247 Å². The van der Waals surface area contributed by atoms with Crippen LogP contribution in [-0.2, 0) is 83.0 Å². The number of halogens is 2. The molecule has 18 atom stereocenters. The lowest BCUT2D eigenvalue weighted by molar-refractivity contribution is -0.923. The van der Waals surface area contributed by atoms with E-state index in [-0.39, 0.29) is 98.1 Å². The topological polar surface area (TPSA) is 268 Å². The van der Waals surface area contributed by atoms with Crippen LogP contribution < -0.4 is 12.4 Å². The lowest BCUT2D eigenvalue weighted by Gasteiger charge is -2.43. The zero-order chi connectivity index (χ0) is 101. The summed E-state index contributed by atoms with van der Waals surface area (Å²) in [6.07, 6.45) is 18.3. The Hall–Kier alpha value is 0.760. The van der Waals surface area contributed by atoms with E-state index in [4.69, 9.17) is 55.6 Å². The molecule has 36 nitrogen and oxygen atoms in total. The largest absolute Gasteiger partial charge is 1.00 e. The first kappa shape index (κ1) is 126. The van der Waals surface area contributed by atoms with Crippen LogP contribution in [0.3, 0.4) is 0 Å². The minimum Gasteiger partial charge on any atom is -1.00 e. The van der Waals surface area contributed by atoms with Gasteiger partial charge in [0.25, 0.3) is 45.1 Å². The van der Waals surface area contributed by atoms with Gasteiger partial charge in [0, 0.05) is 273 Å². The molecule has 140 heavy (non-hydrogen) atoms. The van der Waals surface area contributed by atoms with E-state index >= 15 is 0 Å². The van der Waals surface area contributed by atoms with Gasteiger partial charge in [0.1, 0.15) is 0 Å². The average molecular weight is 2150 g/mol. The van der Waals surface area contributed by atoms with E-state index in [9.17, 15) is 27.4 Å². The van der Waals surface area contributed by atoms with Gasteiger partial charge in [-0.1, -0.05) is 6.92 Å². The fourth-order valence-electron chi connectivity index (χ4n) is 23.4. The minimum absolute atomic E-state index is 0. The van der Waals surface area contributed by atoms with Crippen LogP contribution in [0.25, 0.3) is 0 Å². The molecule has 0 aromatic heterocycles. The van der Waals surface area contributed by atoms with Crippen molar-refractivity contribution in [3.63, 3.8) is 0 Å². The third-order valence-electron chi connectivity index (χ3n) is 31.2. The molecule has 0 aromatic carbocycles. The summed E-state index contributed by atoms with van der Waals surface area (Å²) in [7, 11) is 2.89. The van der Waals surface area contributed by atoms with Gasteiger partial charge in [0.15, 0.2) is 0 Å². The number of piperazine rings is 2. The van der Waals surface area contributed by atoms with E-state index in [1.807, 2.05) is 14.0 Å². The molecular weight excluding hydrogens is 1950 g/mol. The molecular formula is C96H200Cl2N18O18P6. The first-order valence-electron chi connectivity index (χ1n) is 53.5. The quantitative estimate of drug-likeness (QED) is 0.0484. The molecule has 18 unspecified atom stereocenters. The standard InChI is InChI=1S/C18H37N3O3P.2C17H34N3O3P.2C15H32N3O3P.C14H30N3O3P.2ClH/c1-16-13-19(2)14-18(24-16)15-23-25(4,22)20-9-7-17(8-10-20)21(3)11-5-6-12-21;2*1-15-12-18(2)13-17(23-15)14-22-24(3,21)20-10-6-16(7-11-20)19-8-4-5-9-19;1-13-10-17(4)11-15(21-13)12-20-22(5,19)18-8-6-14(7-9-18)16(2)3;1-13(2)17-6-8-18(9-7-17)22(5,19)20-12-15-11-16(4)10-14(3)21-15;1-5-16-6-8-17(9-7-16)21(4,18)19-12-14-11-15(3)10-13(2)20-14;;/h16-18H,5-15H2,1-4H3;2*15-17H,4-14H2,1-3H3;2*13-15H,6-12H2,1-5H3;13-14H,5-12H2,1-4H3;2*1H/q+1;;;;;;;/p-1. The van der Waals surface area contributed by atoms with Gasteiger partial charge in [-0.15, -0.1) is 12.4 Å². The molecule has 15 aliphatic heterocycles. The molecule has 0 spiro atoms. The highest BCUT2D eigenvalue weighted by atomic mass is 35.5. The van der Waals surface area contributed by atoms with Crippen LogP contribution in [0, 0.1) is 0 Å². The molecule has 0 aromatic rings. The molecule has 15 heterocycles. The highest BCUT2D eigenvalue weighted by molar-refractivity contribution is 7.57. The number of likely N-dealkylation sites (N-methyl/N-ethyl adjacent to an activating group) is 7. The van der Waals surface area contributed by atoms with Crippen LogP contribution in [0.15, 0.2) is 0 Å². The molecule has 0 aliphatic carbocycles. The van der Waals surface area contributed by atoms with Crippen LogP contribution >= 0.6 is 57.5 Å². The second-order valence-corrected chi connectivity index (χ2v) is 59.2. The Bertz CT molecular complexity index is 3580. The lowest BCUT2D eigenvalue weighted by atomic mass is 10.0. The van der Waals surface area contributed by atoms with Crippen molar-refractivity contribution in [2.24, 2.45) is 0 Å². The summed E-state index contributed by atoms with van der Waals surface area (Å²) in [6.45, 7) is 65.7. The smallest absolute Gasteiger partial charge is 0.269 e. The summed E-state index contributed by atoms with van der Waals surface area (Å²) < 4.78 is 162. The van der Waals surface area contributed by atoms with Crippen molar-refractivity contribution in [1.82, 2.24) is 81.9 Å². The van der Waals surface area contributed by atoms with Crippen LogP contribution in [0.5, 0.6) is 0 Å². The SMILES string of the molecule is CC1CN(C)CC(COP(C)(=O)N2CCC(N(C)C)CC2)O1.CC1CN(C)CC(COP(C)(=O)N2CCC(N3CCCC3)CC2)O1.CC1CN(C)CC(COP(C)(=O)N2CCC(N3CCCC3)CC2)O1.CC1CN(C)CC(COP(C)(=O)N2CCC([N+]3(C)CCCC3)CC2)O1.CC1CN(C)CC(COP(C)(=O)N2CCN(C(C)C)CC2)O1.CCN1CCN(P(C)(=O)OCC2CN(C)CC(C)O2)CC1.Cl.[Cl-]. The van der Waals surface area contributed by atoms with Crippen molar-refractivity contribution in [3.8, 4) is 0 Å². The van der Waals surface area contributed by atoms with Gasteiger partial charge in [-0.2, -0.15) is 0 Å². The Morgan fingerprint density at radius 1 is 0.321 bits per heavy atom. The fraction of sp³-hybridized carbons (Fsp3) is 1.00. The maximum Gasteiger partial charge on any atom is 0.269 e. The summed E-state index contributed by atoms with van der Waals surface area (Å²) >= 11 is 0. The number of ether oxygens (including phenoxy) is 6. The second-order valence-electron chi connectivity index (χ2n) is 44.6. The number of rotatable bonds is 30. The zero-order valence-corrected chi connectivity index (χ0v) is 98.5. The van der Waals surface area contributed by atoms with Crippen LogP contribution in [-0.4, -0.2) is 562 Å². The second kappa shape index (κ2) is 60.0. The normalized spacial score (nSPS) is 33.1. The van der Waals surface area contributed by atoms with Crippen molar-refractivity contribution in [1.29, 1.82) is 0 Å². The lowest BCUT2D eigenvalue weighted by Crippen LogP contribution is -3.00. The Balaban J connectivity index is 0.000000205. The minimum atomic E-state index is -2.73. The van der Waals surface area contributed by atoms with Gasteiger partial charge < -0.3 is 121 Å². The average Bonchev–Trinajstić information content (AvgIpc) is 1.34. The monoisotopic (exact) mass is 2150 g/mol. The fourth-order valence-corrected chi connectivity index (χ4v) is 32.7. The maximum absolute atomic E-state index is 13.1. The van der Waals surface area contributed by atoms with Crippen molar-refractivity contribution >= 4 is 57.5 Å². The number of piperidine rings is 4. The highest BCUT2D eigenvalue weighted by Crippen LogP contribution is 2.54. The molecule has 0 N–H and O–H groups in total. The number of nitrogens with zero attached hydrogens (tertiary/aromatic N) is 18. The third-order valence-corrected chi connectivity index (χ3v) is 43.6. The number of hydrogen-bond donors (Lipinski definition) is 0. The van der Waals surface area contributed by atoms with E-state index in [0.29, 0.717) is 63.8 Å². The van der Waals surface area contributed by atoms with Gasteiger partial charge in [-0.05, 0) is 209 Å². The maximum atomic E-state index is 13.1. The molecule has 0 saturated carbocycles. The Morgan fingerprint density at radius 3 is 0.764 bits per heavy atom. The molecule has 0 bridgehead atoms. The molecule has 0 radical (unpaired) electrons. The molecule has 44 heteroatoms. The predicted octanol–water partition coefficient (Wildman–Crippen LogP) is 8.21.